The van der Waals surface area contributed by atoms with E-state index in [1.165, 1.54) is 12.1 Å². The molecular formula is C22H24FN5O2S. The molecule has 162 valence electrons. The molecule has 2 aromatic rings. The molecule has 9 heteroatoms. The minimum absolute atomic E-state index is 0.209. The first-order chi connectivity index (χ1) is 15.0. The minimum Gasteiger partial charge on any atom is -0.351 e. The van der Waals surface area contributed by atoms with Gasteiger partial charge in [0.1, 0.15) is 5.82 Å². The number of halogens is 1. The molecule has 0 bridgehead atoms. The molecule has 0 spiro atoms. The fraction of sp³-hybridized carbons (Fsp3) is 0.364. The number of nitrogens with zero attached hydrogens (tertiary/aromatic N) is 2. The number of aromatic nitrogens is 2. The molecule has 4 rings (SSSR count). The molecule has 1 saturated heterocycles. The molecule has 31 heavy (non-hydrogen) atoms. The Morgan fingerprint density at radius 3 is 2.61 bits per heavy atom. The van der Waals surface area contributed by atoms with Crippen LogP contribution in [-0.4, -0.2) is 33.7 Å². The molecule has 1 aliphatic heterocycles. The van der Waals surface area contributed by atoms with Gasteiger partial charge >= 0.3 is 0 Å². The Kier molecular flexibility index (Phi) is 6.93. The second-order valence-corrected chi connectivity index (χ2v) is 8.79. The van der Waals surface area contributed by atoms with Crippen LogP contribution < -0.4 is 16.0 Å². The summed E-state index contributed by atoms with van der Waals surface area (Å²) in [6.45, 7) is 1.69. The van der Waals surface area contributed by atoms with Crippen molar-refractivity contribution in [2.45, 2.75) is 38.3 Å². The number of hydrogen-bond donors (Lipinski definition) is 3. The topological polar surface area (TPSA) is 96.0 Å². The summed E-state index contributed by atoms with van der Waals surface area (Å²) >= 11 is 0.874. The Balaban J connectivity index is 1.23. The number of anilines is 1. The van der Waals surface area contributed by atoms with Gasteiger partial charge in [0.05, 0.1) is 10.6 Å². The summed E-state index contributed by atoms with van der Waals surface area (Å²) in [4.78, 5) is 32.1. The second kappa shape index (κ2) is 10.0. The Morgan fingerprint density at radius 1 is 1.13 bits per heavy atom. The number of thioether (sulfide) groups is 1. The van der Waals surface area contributed by atoms with Crippen molar-refractivity contribution in [2.75, 3.05) is 11.9 Å². The van der Waals surface area contributed by atoms with Gasteiger partial charge in [0.2, 0.25) is 5.95 Å². The molecule has 2 fully saturated rings. The smallest absolute Gasteiger partial charge is 0.290 e. The molecular weight excluding hydrogens is 417 g/mol. The zero-order valence-electron chi connectivity index (χ0n) is 16.9. The number of rotatable bonds is 7. The molecule has 1 saturated carbocycles. The molecule has 0 radical (unpaired) electrons. The highest BCUT2D eigenvalue weighted by Crippen LogP contribution is 2.27. The molecule has 3 N–H and O–H groups in total. The Labute approximate surface area is 184 Å². The number of carbonyl (C=O) groups is 2. The van der Waals surface area contributed by atoms with Gasteiger partial charge in [-0.2, -0.15) is 0 Å². The first-order valence-corrected chi connectivity index (χ1v) is 11.2. The monoisotopic (exact) mass is 441 g/mol. The molecule has 1 aliphatic carbocycles. The van der Waals surface area contributed by atoms with Gasteiger partial charge in [0, 0.05) is 18.8 Å². The third-order valence-electron chi connectivity index (χ3n) is 5.45. The zero-order valence-corrected chi connectivity index (χ0v) is 17.8. The SMILES string of the molecule is O=C1NC(=O)/C(=C/c2ccnc(N[C@H]3CC[C@H](CNCc4ccc(F)cc4)CC3)n2)S1. The van der Waals surface area contributed by atoms with Gasteiger partial charge in [0.15, 0.2) is 0 Å². The Bertz CT molecular complexity index is 974. The van der Waals surface area contributed by atoms with E-state index in [0.717, 1.165) is 56.1 Å². The first-order valence-electron chi connectivity index (χ1n) is 10.3. The van der Waals surface area contributed by atoms with Crippen molar-refractivity contribution in [1.29, 1.82) is 0 Å². The van der Waals surface area contributed by atoms with Gasteiger partial charge in [0.25, 0.3) is 11.1 Å². The van der Waals surface area contributed by atoms with E-state index >= 15 is 0 Å². The van der Waals surface area contributed by atoms with E-state index in [2.05, 4.69) is 25.9 Å². The highest BCUT2D eigenvalue weighted by molar-refractivity contribution is 8.18. The fourth-order valence-electron chi connectivity index (χ4n) is 3.79. The van der Waals surface area contributed by atoms with Crippen molar-refractivity contribution in [1.82, 2.24) is 20.6 Å². The van der Waals surface area contributed by atoms with E-state index in [9.17, 15) is 14.0 Å². The average molecular weight is 442 g/mol. The number of carbonyl (C=O) groups excluding carboxylic acids is 2. The summed E-state index contributed by atoms with van der Waals surface area (Å²) in [5, 5.41) is 8.73. The van der Waals surface area contributed by atoms with Crippen LogP contribution in [0.25, 0.3) is 6.08 Å². The maximum absolute atomic E-state index is 13.0. The maximum Gasteiger partial charge on any atom is 0.290 e. The predicted octanol–water partition coefficient (Wildman–Crippen LogP) is 3.70. The van der Waals surface area contributed by atoms with Gasteiger partial charge in [-0.1, -0.05) is 12.1 Å². The number of amides is 2. The van der Waals surface area contributed by atoms with Gasteiger partial charge in [-0.25, -0.2) is 14.4 Å². The van der Waals surface area contributed by atoms with Crippen molar-refractivity contribution in [3.63, 3.8) is 0 Å². The lowest BCUT2D eigenvalue weighted by atomic mass is 9.86. The van der Waals surface area contributed by atoms with Crippen molar-refractivity contribution in [2.24, 2.45) is 5.92 Å². The predicted molar refractivity (Wildman–Crippen MR) is 119 cm³/mol. The van der Waals surface area contributed by atoms with Crippen LogP contribution in [-0.2, 0) is 11.3 Å². The zero-order chi connectivity index (χ0) is 21.6. The van der Waals surface area contributed by atoms with E-state index < -0.39 is 5.91 Å². The van der Waals surface area contributed by atoms with Crippen molar-refractivity contribution < 1.29 is 14.0 Å². The van der Waals surface area contributed by atoms with Crippen LogP contribution in [0.5, 0.6) is 0 Å². The summed E-state index contributed by atoms with van der Waals surface area (Å²) < 4.78 is 13.0. The Hall–Kier alpha value is -2.78. The second-order valence-electron chi connectivity index (χ2n) is 7.78. The highest BCUT2D eigenvalue weighted by atomic mass is 32.2. The molecule has 2 heterocycles. The number of hydrogen-bond acceptors (Lipinski definition) is 7. The van der Waals surface area contributed by atoms with Crippen molar-refractivity contribution >= 4 is 34.9 Å². The van der Waals surface area contributed by atoms with E-state index in [-0.39, 0.29) is 11.1 Å². The lowest BCUT2D eigenvalue weighted by Crippen LogP contribution is -2.31. The lowest BCUT2D eigenvalue weighted by Gasteiger charge is -2.29. The minimum atomic E-state index is -0.394. The number of imide groups is 1. The summed E-state index contributed by atoms with van der Waals surface area (Å²) in [5.74, 6) is 0.543. The highest BCUT2D eigenvalue weighted by Gasteiger charge is 2.25. The fourth-order valence-corrected chi connectivity index (χ4v) is 4.46. The van der Waals surface area contributed by atoms with Crippen LogP contribution >= 0.6 is 11.8 Å². The number of benzene rings is 1. The van der Waals surface area contributed by atoms with Crippen LogP contribution in [0.1, 0.15) is 36.9 Å². The van der Waals surface area contributed by atoms with Crippen molar-refractivity contribution in [3.05, 3.63) is 58.5 Å². The summed E-state index contributed by atoms with van der Waals surface area (Å²) in [6.07, 6.45) is 7.52. The van der Waals surface area contributed by atoms with Crippen LogP contribution in [0.2, 0.25) is 0 Å². The Morgan fingerprint density at radius 2 is 1.90 bits per heavy atom. The van der Waals surface area contributed by atoms with E-state index in [4.69, 9.17) is 0 Å². The van der Waals surface area contributed by atoms with Gasteiger partial charge in [-0.05, 0) is 79.7 Å². The van der Waals surface area contributed by atoms with E-state index in [1.54, 1.807) is 18.3 Å². The van der Waals surface area contributed by atoms with Crippen LogP contribution in [0.4, 0.5) is 15.1 Å². The van der Waals surface area contributed by atoms with Gasteiger partial charge in [-0.15, -0.1) is 0 Å². The first kappa shape index (κ1) is 21.5. The van der Waals surface area contributed by atoms with Crippen LogP contribution in [0, 0.1) is 11.7 Å². The standard InChI is InChI=1S/C22H24FN5O2S/c23-16-5-1-14(2-6-16)12-24-13-15-3-7-17(8-4-15)26-21-25-10-9-18(27-21)11-19-20(29)28-22(30)31-19/h1-2,5-6,9-11,15,17,24H,3-4,7-8,12-13H2,(H,25,26,27)(H,28,29,30)/b19-11-/t15-,17-. The molecule has 2 amide bonds. The molecule has 1 aromatic carbocycles. The van der Waals surface area contributed by atoms with Crippen LogP contribution in [0.3, 0.4) is 0 Å². The van der Waals surface area contributed by atoms with E-state index in [1.807, 2.05) is 12.1 Å². The third kappa shape index (κ3) is 6.11. The molecule has 0 atom stereocenters. The summed E-state index contributed by atoms with van der Waals surface area (Å²) in [6, 6.07) is 8.61. The average Bonchev–Trinajstić information content (AvgIpc) is 3.07. The maximum atomic E-state index is 13.0. The lowest BCUT2D eigenvalue weighted by molar-refractivity contribution is -0.115. The van der Waals surface area contributed by atoms with Crippen LogP contribution in [0.15, 0.2) is 41.4 Å². The molecule has 7 nitrogen and oxygen atoms in total. The quantitative estimate of drug-likeness (QED) is 0.564. The summed E-state index contributed by atoms with van der Waals surface area (Å²) in [5.41, 5.74) is 1.67. The van der Waals surface area contributed by atoms with Crippen molar-refractivity contribution in [3.8, 4) is 0 Å². The molecule has 0 unspecified atom stereocenters. The normalized spacial score (nSPS) is 22.5. The van der Waals surface area contributed by atoms with Gasteiger partial charge in [-0.3, -0.25) is 14.9 Å². The third-order valence-corrected chi connectivity index (χ3v) is 6.26. The number of nitrogens with one attached hydrogen (secondary N) is 3. The van der Waals surface area contributed by atoms with Gasteiger partial charge < -0.3 is 10.6 Å². The van der Waals surface area contributed by atoms with E-state index in [0.29, 0.717) is 28.5 Å². The molecule has 2 aliphatic rings. The molecule has 1 aromatic heterocycles. The largest absolute Gasteiger partial charge is 0.351 e. The summed E-state index contributed by atoms with van der Waals surface area (Å²) in [7, 11) is 0.